The van der Waals surface area contributed by atoms with Crippen LogP contribution in [0.2, 0.25) is 0 Å². The molecule has 3 aromatic rings. The lowest BCUT2D eigenvalue weighted by molar-refractivity contribution is -0.134. The van der Waals surface area contributed by atoms with Crippen LogP contribution < -0.4 is 0 Å². The molecule has 0 saturated carbocycles. The van der Waals surface area contributed by atoms with E-state index in [1.54, 1.807) is 0 Å². The van der Waals surface area contributed by atoms with Crippen molar-refractivity contribution in [3.63, 3.8) is 0 Å². The van der Waals surface area contributed by atoms with Gasteiger partial charge in [-0.25, -0.2) is 4.98 Å². The zero-order chi connectivity index (χ0) is 18.3. The number of piperidine rings is 1. The highest BCUT2D eigenvalue weighted by Crippen LogP contribution is 2.27. The van der Waals surface area contributed by atoms with Crippen molar-refractivity contribution in [2.45, 2.75) is 50.4 Å². The normalized spacial score (nSPS) is 20.8. The number of carbonyl (C=O) groups excluding carboxylic acids is 1. The molecule has 26 heavy (non-hydrogen) atoms. The van der Waals surface area contributed by atoms with Crippen LogP contribution in [-0.2, 0) is 4.79 Å². The molecule has 1 aliphatic rings. The summed E-state index contributed by atoms with van der Waals surface area (Å²) in [6.07, 6.45) is 3.35. The summed E-state index contributed by atoms with van der Waals surface area (Å²) in [7, 11) is 0. The van der Waals surface area contributed by atoms with Gasteiger partial charge in [0.25, 0.3) is 0 Å². The highest BCUT2D eigenvalue weighted by molar-refractivity contribution is 9.10. The summed E-state index contributed by atoms with van der Waals surface area (Å²) in [4.78, 5) is 22.5. The number of carbonyl (C=O) groups is 1. The molecule has 0 radical (unpaired) electrons. The maximum atomic E-state index is 12.7. The van der Waals surface area contributed by atoms with Crippen molar-refractivity contribution in [2.75, 3.05) is 5.75 Å². The second-order valence-electron chi connectivity index (χ2n) is 6.83. The molecule has 136 valence electrons. The maximum absolute atomic E-state index is 12.7. The summed E-state index contributed by atoms with van der Waals surface area (Å²) in [6.45, 7) is 4.26. The molecule has 2 aromatic heterocycles. The first-order chi connectivity index (χ1) is 12.5. The molecule has 1 amide bonds. The van der Waals surface area contributed by atoms with E-state index in [4.69, 9.17) is 0 Å². The standard InChI is InChI=1S/C18H20BrN5OS/c1-10-4-3-5-11(2)24(10)15(25)9-26-18-21-17-16(22-23-18)13-8-12(19)6-7-14(13)20-17/h6-8,10-11H,3-5,9H2,1-2H3,(H,20,21,23)/t10-,11-/m1/s1. The first-order valence-electron chi connectivity index (χ1n) is 8.78. The molecule has 1 saturated heterocycles. The Kier molecular flexibility index (Phi) is 4.88. The van der Waals surface area contributed by atoms with Crippen molar-refractivity contribution in [2.24, 2.45) is 0 Å². The minimum absolute atomic E-state index is 0.152. The van der Waals surface area contributed by atoms with Crippen LogP contribution in [0.4, 0.5) is 0 Å². The smallest absolute Gasteiger partial charge is 0.233 e. The highest BCUT2D eigenvalue weighted by atomic mass is 79.9. The largest absolute Gasteiger partial charge is 0.338 e. The lowest BCUT2D eigenvalue weighted by Crippen LogP contribution is -2.48. The number of aromatic nitrogens is 4. The molecule has 3 heterocycles. The van der Waals surface area contributed by atoms with Crippen LogP contribution >= 0.6 is 27.7 Å². The van der Waals surface area contributed by atoms with E-state index in [1.165, 1.54) is 18.2 Å². The Labute approximate surface area is 164 Å². The highest BCUT2D eigenvalue weighted by Gasteiger charge is 2.28. The fourth-order valence-corrected chi connectivity index (χ4v) is 4.72. The van der Waals surface area contributed by atoms with E-state index in [0.717, 1.165) is 33.7 Å². The number of rotatable bonds is 3. The number of fused-ring (bicyclic) bond motifs is 3. The fraction of sp³-hybridized carbons (Fsp3) is 0.444. The van der Waals surface area contributed by atoms with E-state index >= 15 is 0 Å². The predicted octanol–water partition coefficient (Wildman–Crippen LogP) is 4.15. The average Bonchev–Trinajstić information content (AvgIpc) is 2.97. The molecule has 1 N–H and O–H groups in total. The number of benzene rings is 1. The van der Waals surface area contributed by atoms with Gasteiger partial charge in [0.15, 0.2) is 5.65 Å². The number of halogens is 1. The molecule has 0 bridgehead atoms. The summed E-state index contributed by atoms with van der Waals surface area (Å²) in [5.41, 5.74) is 2.41. The summed E-state index contributed by atoms with van der Waals surface area (Å²) in [5, 5.41) is 10.0. The van der Waals surface area contributed by atoms with Crippen LogP contribution in [0.25, 0.3) is 22.1 Å². The molecule has 0 unspecified atom stereocenters. The SMILES string of the molecule is C[C@@H]1CCC[C@@H](C)N1C(=O)CSc1nnc2c(n1)[nH]c1ccc(Br)cc12. The summed E-state index contributed by atoms with van der Waals surface area (Å²) >= 11 is 4.83. The van der Waals surface area contributed by atoms with Gasteiger partial charge in [0.05, 0.1) is 5.75 Å². The van der Waals surface area contributed by atoms with Crippen LogP contribution in [0.3, 0.4) is 0 Å². The van der Waals surface area contributed by atoms with Gasteiger partial charge in [-0.2, -0.15) is 0 Å². The lowest BCUT2D eigenvalue weighted by atomic mass is 9.98. The van der Waals surface area contributed by atoms with Gasteiger partial charge in [0.1, 0.15) is 5.52 Å². The monoisotopic (exact) mass is 433 g/mol. The van der Waals surface area contributed by atoms with E-state index < -0.39 is 0 Å². The van der Waals surface area contributed by atoms with Crippen LogP contribution in [0.5, 0.6) is 0 Å². The Morgan fingerprint density at radius 3 is 2.85 bits per heavy atom. The Morgan fingerprint density at radius 2 is 2.08 bits per heavy atom. The van der Waals surface area contributed by atoms with Crippen LogP contribution in [0.15, 0.2) is 27.8 Å². The number of hydrogen-bond acceptors (Lipinski definition) is 5. The van der Waals surface area contributed by atoms with E-state index in [2.05, 4.69) is 49.9 Å². The predicted molar refractivity (Wildman–Crippen MR) is 107 cm³/mol. The van der Waals surface area contributed by atoms with Crippen LogP contribution in [0, 0.1) is 0 Å². The van der Waals surface area contributed by atoms with E-state index in [9.17, 15) is 4.79 Å². The van der Waals surface area contributed by atoms with Crippen molar-refractivity contribution < 1.29 is 4.79 Å². The first kappa shape index (κ1) is 17.7. The molecule has 2 atom stereocenters. The van der Waals surface area contributed by atoms with Crippen molar-refractivity contribution in [1.29, 1.82) is 0 Å². The van der Waals surface area contributed by atoms with Crippen molar-refractivity contribution >= 4 is 55.7 Å². The summed E-state index contributed by atoms with van der Waals surface area (Å²) in [5.74, 6) is 0.493. The van der Waals surface area contributed by atoms with E-state index in [1.807, 2.05) is 23.1 Å². The quantitative estimate of drug-likeness (QED) is 0.627. The number of hydrogen-bond donors (Lipinski definition) is 1. The van der Waals surface area contributed by atoms with Crippen LogP contribution in [-0.4, -0.2) is 48.8 Å². The third-order valence-electron chi connectivity index (χ3n) is 4.96. The summed E-state index contributed by atoms with van der Waals surface area (Å²) < 4.78 is 0.988. The zero-order valence-corrected chi connectivity index (χ0v) is 17.1. The van der Waals surface area contributed by atoms with Gasteiger partial charge in [-0.15, -0.1) is 10.2 Å². The van der Waals surface area contributed by atoms with Gasteiger partial charge in [-0.1, -0.05) is 27.7 Å². The Hall–Kier alpha value is -1.67. The van der Waals surface area contributed by atoms with Gasteiger partial charge in [0, 0.05) is 27.5 Å². The molecule has 8 heteroatoms. The fourth-order valence-electron chi connectivity index (χ4n) is 3.70. The van der Waals surface area contributed by atoms with Gasteiger partial charge in [-0.3, -0.25) is 4.79 Å². The number of likely N-dealkylation sites (tertiary alicyclic amines) is 1. The molecular weight excluding hydrogens is 414 g/mol. The van der Waals surface area contributed by atoms with Crippen molar-refractivity contribution in [3.8, 4) is 0 Å². The average molecular weight is 434 g/mol. The Balaban J connectivity index is 1.52. The molecule has 1 aliphatic heterocycles. The number of H-pyrrole nitrogens is 1. The second-order valence-corrected chi connectivity index (χ2v) is 8.68. The third kappa shape index (κ3) is 3.32. The molecule has 4 rings (SSSR count). The molecule has 1 fully saturated rings. The number of thioether (sulfide) groups is 1. The maximum Gasteiger partial charge on any atom is 0.233 e. The first-order valence-corrected chi connectivity index (χ1v) is 10.6. The zero-order valence-electron chi connectivity index (χ0n) is 14.7. The van der Waals surface area contributed by atoms with Gasteiger partial charge in [-0.05, 0) is 51.3 Å². The van der Waals surface area contributed by atoms with Gasteiger partial charge >= 0.3 is 0 Å². The number of nitrogens with one attached hydrogen (secondary N) is 1. The van der Waals surface area contributed by atoms with Crippen molar-refractivity contribution in [1.82, 2.24) is 25.1 Å². The van der Waals surface area contributed by atoms with Crippen molar-refractivity contribution in [3.05, 3.63) is 22.7 Å². The molecular formula is C18H20BrN5OS. The minimum atomic E-state index is 0.152. The van der Waals surface area contributed by atoms with Gasteiger partial charge in [0.2, 0.25) is 11.1 Å². The number of amides is 1. The summed E-state index contributed by atoms with van der Waals surface area (Å²) in [6, 6.07) is 6.57. The topological polar surface area (TPSA) is 74.8 Å². The number of nitrogens with zero attached hydrogens (tertiary/aromatic N) is 4. The van der Waals surface area contributed by atoms with E-state index in [-0.39, 0.29) is 5.91 Å². The third-order valence-corrected chi connectivity index (χ3v) is 6.28. The molecule has 1 aromatic carbocycles. The van der Waals surface area contributed by atoms with Gasteiger partial charge < -0.3 is 9.88 Å². The minimum Gasteiger partial charge on any atom is -0.338 e. The number of aromatic amines is 1. The Bertz CT molecular complexity index is 965. The van der Waals surface area contributed by atoms with E-state index in [0.29, 0.717) is 28.6 Å². The lowest BCUT2D eigenvalue weighted by Gasteiger charge is -2.39. The molecule has 0 aliphatic carbocycles. The molecule has 6 nitrogen and oxygen atoms in total. The molecule has 0 spiro atoms. The second kappa shape index (κ2) is 7.15. The Morgan fingerprint density at radius 1 is 1.31 bits per heavy atom. The van der Waals surface area contributed by atoms with Crippen LogP contribution in [0.1, 0.15) is 33.1 Å².